The van der Waals surface area contributed by atoms with Crippen LogP contribution in [-0.4, -0.2) is 22.6 Å². The fourth-order valence-electron chi connectivity index (χ4n) is 1.31. The lowest BCUT2D eigenvalue weighted by Gasteiger charge is -2.14. The number of rotatable bonds is 5. The summed E-state index contributed by atoms with van der Waals surface area (Å²) >= 11 is 5.67. The third-order valence-electron chi connectivity index (χ3n) is 1.92. The van der Waals surface area contributed by atoms with Crippen molar-refractivity contribution in [3.05, 3.63) is 17.4 Å². The highest BCUT2D eigenvalue weighted by Gasteiger charge is 2.05. The molecule has 1 aromatic heterocycles. The number of nitrogens with one attached hydrogen (secondary N) is 1. The molecule has 0 fully saturated rings. The van der Waals surface area contributed by atoms with Crippen LogP contribution in [0.3, 0.4) is 0 Å². The Morgan fingerprint density at radius 2 is 2.00 bits per heavy atom. The quantitative estimate of drug-likeness (QED) is 0.808. The molecule has 0 aliphatic carbocycles. The molecule has 3 N–H and O–H groups in total. The number of hydrogen-bond acceptors (Lipinski definition) is 4. The van der Waals surface area contributed by atoms with Gasteiger partial charge in [-0.1, -0.05) is 25.4 Å². The van der Waals surface area contributed by atoms with E-state index in [1.54, 1.807) is 12.4 Å². The van der Waals surface area contributed by atoms with E-state index in [4.69, 9.17) is 17.3 Å². The van der Waals surface area contributed by atoms with Crippen LogP contribution in [0.25, 0.3) is 0 Å². The maximum atomic E-state index is 5.91. The molecule has 1 rings (SSSR count). The van der Waals surface area contributed by atoms with Gasteiger partial charge in [-0.25, -0.2) is 9.97 Å². The maximum Gasteiger partial charge on any atom is 0.222 e. The zero-order valence-electron chi connectivity index (χ0n) is 9.07. The molecular weight excluding hydrogens is 212 g/mol. The molecule has 0 bridgehead atoms. The van der Waals surface area contributed by atoms with Crippen molar-refractivity contribution in [3.8, 4) is 0 Å². The molecule has 0 aliphatic rings. The lowest BCUT2D eigenvalue weighted by molar-refractivity contribution is 0.507. The van der Waals surface area contributed by atoms with Crippen LogP contribution in [-0.2, 0) is 0 Å². The molecule has 4 nitrogen and oxygen atoms in total. The van der Waals surface area contributed by atoms with Crippen molar-refractivity contribution in [1.82, 2.24) is 9.97 Å². The smallest absolute Gasteiger partial charge is 0.222 e. The molecule has 0 aromatic carbocycles. The zero-order chi connectivity index (χ0) is 11.3. The Morgan fingerprint density at radius 3 is 2.53 bits per heavy atom. The van der Waals surface area contributed by atoms with E-state index in [1.807, 2.05) is 0 Å². The number of anilines is 1. The Balaban J connectivity index is 2.33. The summed E-state index contributed by atoms with van der Waals surface area (Å²) < 4.78 is 0. The second kappa shape index (κ2) is 5.88. The number of hydrogen-bond donors (Lipinski definition) is 2. The van der Waals surface area contributed by atoms with E-state index < -0.39 is 0 Å². The van der Waals surface area contributed by atoms with Gasteiger partial charge in [-0.2, -0.15) is 0 Å². The third-order valence-corrected chi connectivity index (χ3v) is 2.11. The van der Waals surface area contributed by atoms with Gasteiger partial charge in [-0.05, 0) is 12.3 Å². The second-order valence-electron chi connectivity index (χ2n) is 4.00. The van der Waals surface area contributed by atoms with E-state index in [0.717, 1.165) is 6.42 Å². The lowest BCUT2D eigenvalue weighted by atomic mass is 10.0. The second-order valence-corrected chi connectivity index (χ2v) is 4.43. The number of nitrogens with zero attached hydrogens (tertiary/aromatic N) is 2. The lowest BCUT2D eigenvalue weighted by Crippen LogP contribution is -2.30. The first-order valence-electron chi connectivity index (χ1n) is 5.05. The molecule has 0 radical (unpaired) electrons. The van der Waals surface area contributed by atoms with Crippen LogP contribution < -0.4 is 11.1 Å². The summed E-state index contributed by atoms with van der Waals surface area (Å²) in [6, 6.07) is 0.129. The van der Waals surface area contributed by atoms with Crippen LogP contribution in [0.1, 0.15) is 20.3 Å². The van der Waals surface area contributed by atoms with Crippen molar-refractivity contribution >= 4 is 17.5 Å². The molecule has 1 atom stereocenters. The molecule has 5 heteroatoms. The van der Waals surface area contributed by atoms with Crippen molar-refractivity contribution in [2.45, 2.75) is 26.3 Å². The van der Waals surface area contributed by atoms with Crippen LogP contribution in [0.15, 0.2) is 12.4 Å². The predicted molar refractivity (Wildman–Crippen MR) is 63.0 cm³/mol. The van der Waals surface area contributed by atoms with Crippen LogP contribution in [0.5, 0.6) is 0 Å². The molecule has 0 saturated heterocycles. The average Bonchev–Trinajstić information content (AvgIpc) is 2.16. The minimum Gasteiger partial charge on any atom is -0.353 e. The van der Waals surface area contributed by atoms with Crippen LogP contribution in [0, 0.1) is 5.92 Å². The summed E-state index contributed by atoms with van der Waals surface area (Å²) in [5.74, 6) is 1.17. The number of nitrogens with two attached hydrogens (primary N) is 1. The molecule has 1 unspecified atom stereocenters. The average molecular weight is 229 g/mol. The van der Waals surface area contributed by atoms with Crippen molar-refractivity contribution in [1.29, 1.82) is 0 Å². The fraction of sp³-hybridized carbons (Fsp3) is 0.600. The Labute approximate surface area is 95.3 Å². The highest BCUT2D eigenvalue weighted by molar-refractivity contribution is 6.30. The highest BCUT2D eigenvalue weighted by atomic mass is 35.5. The molecule has 1 aromatic rings. The standard InChI is InChI=1S/C10H17ClN4/c1-7(2)3-9(12)6-15-10-13-4-8(11)5-14-10/h4-5,7,9H,3,6,12H2,1-2H3,(H,13,14,15). The Morgan fingerprint density at radius 1 is 1.40 bits per heavy atom. The largest absolute Gasteiger partial charge is 0.353 e. The topological polar surface area (TPSA) is 63.8 Å². The molecule has 0 aliphatic heterocycles. The van der Waals surface area contributed by atoms with E-state index in [9.17, 15) is 0 Å². The van der Waals surface area contributed by atoms with Crippen molar-refractivity contribution in [3.63, 3.8) is 0 Å². The monoisotopic (exact) mass is 228 g/mol. The maximum absolute atomic E-state index is 5.91. The molecule has 15 heavy (non-hydrogen) atoms. The van der Waals surface area contributed by atoms with Gasteiger partial charge in [0.2, 0.25) is 5.95 Å². The molecule has 0 saturated carbocycles. The van der Waals surface area contributed by atoms with Crippen molar-refractivity contribution < 1.29 is 0 Å². The van der Waals surface area contributed by atoms with Crippen molar-refractivity contribution in [2.24, 2.45) is 11.7 Å². The first-order chi connectivity index (χ1) is 7.08. The minimum absolute atomic E-state index is 0.129. The van der Waals surface area contributed by atoms with Crippen LogP contribution in [0.4, 0.5) is 5.95 Å². The van der Waals surface area contributed by atoms with E-state index in [-0.39, 0.29) is 6.04 Å². The van der Waals surface area contributed by atoms with Gasteiger partial charge in [0.25, 0.3) is 0 Å². The molecule has 0 amide bonds. The van der Waals surface area contributed by atoms with Gasteiger partial charge in [-0.15, -0.1) is 0 Å². The van der Waals surface area contributed by atoms with E-state index in [0.29, 0.717) is 23.4 Å². The normalized spacial score (nSPS) is 12.9. The first kappa shape index (κ1) is 12.2. The Kier molecular flexibility index (Phi) is 4.78. The summed E-state index contributed by atoms with van der Waals surface area (Å²) in [4.78, 5) is 8.04. The van der Waals surface area contributed by atoms with E-state index in [2.05, 4.69) is 29.1 Å². The molecule has 84 valence electrons. The molecule has 1 heterocycles. The van der Waals surface area contributed by atoms with E-state index in [1.165, 1.54) is 0 Å². The van der Waals surface area contributed by atoms with Gasteiger partial charge in [0, 0.05) is 12.6 Å². The highest BCUT2D eigenvalue weighted by Crippen LogP contribution is 2.06. The van der Waals surface area contributed by atoms with Gasteiger partial charge >= 0.3 is 0 Å². The Bertz CT molecular complexity index is 286. The summed E-state index contributed by atoms with van der Waals surface area (Å²) in [7, 11) is 0. The van der Waals surface area contributed by atoms with Gasteiger partial charge in [0.1, 0.15) is 0 Å². The van der Waals surface area contributed by atoms with Gasteiger partial charge in [0.15, 0.2) is 0 Å². The van der Waals surface area contributed by atoms with Crippen LogP contribution >= 0.6 is 11.6 Å². The van der Waals surface area contributed by atoms with Crippen LogP contribution in [0.2, 0.25) is 5.02 Å². The molecule has 0 spiro atoms. The third kappa shape index (κ3) is 4.95. The SMILES string of the molecule is CC(C)CC(N)CNc1ncc(Cl)cn1. The van der Waals surface area contributed by atoms with Crippen molar-refractivity contribution in [2.75, 3.05) is 11.9 Å². The summed E-state index contributed by atoms with van der Waals surface area (Å²) in [6.07, 6.45) is 4.11. The summed E-state index contributed by atoms with van der Waals surface area (Å²) in [6.45, 7) is 4.98. The zero-order valence-corrected chi connectivity index (χ0v) is 9.83. The fourth-order valence-corrected chi connectivity index (χ4v) is 1.41. The Hall–Kier alpha value is -0.870. The minimum atomic E-state index is 0.129. The first-order valence-corrected chi connectivity index (χ1v) is 5.42. The van der Waals surface area contributed by atoms with E-state index >= 15 is 0 Å². The number of aromatic nitrogens is 2. The summed E-state index contributed by atoms with van der Waals surface area (Å²) in [5.41, 5.74) is 5.91. The van der Waals surface area contributed by atoms with Gasteiger partial charge in [-0.3, -0.25) is 0 Å². The number of halogens is 1. The van der Waals surface area contributed by atoms with Gasteiger partial charge in [0.05, 0.1) is 17.4 Å². The molecular formula is C10H17ClN4. The predicted octanol–water partition coefficient (Wildman–Crippen LogP) is 1.92. The summed E-state index contributed by atoms with van der Waals surface area (Å²) in [5, 5.41) is 3.61. The van der Waals surface area contributed by atoms with Gasteiger partial charge < -0.3 is 11.1 Å².